The van der Waals surface area contributed by atoms with Crippen LogP contribution >= 0.6 is 22.7 Å². The number of aromatic nitrogens is 5. The van der Waals surface area contributed by atoms with Crippen LogP contribution in [0.2, 0.25) is 0 Å². The molecule has 0 bridgehead atoms. The molecule has 8 heteroatoms. The Labute approximate surface area is 333 Å². The second kappa shape index (κ2) is 12.7. The number of benzene rings is 7. The molecule has 0 radical (unpaired) electrons. The van der Waals surface area contributed by atoms with Gasteiger partial charge in [-0.3, -0.25) is 0 Å². The zero-order valence-electron chi connectivity index (χ0n) is 30.0. The second-order valence-electron chi connectivity index (χ2n) is 14.0. The van der Waals surface area contributed by atoms with Gasteiger partial charge in [0.15, 0.2) is 23.3 Å². The Kier molecular flexibility index (Phi) is 7.17. The van der Waals surface area contributed by atoms with Crippen molar-refractivity contribution in [1.29, 1.82) is 0 Å². The van der Waals surface area contributed by atoms with E-state index < -0.39 is 0 Å². The highest BCUT2D eigenvalue weighted by Gasteiger charge is 2.21. The molecule has 0 atom stereocenters. The lowest BCUT2D eigenvalue weighted by Crippen LogP contribution is -2.00. The summed E-state index contributed by atoms with van der Waals surface area (Å²) in [7, 11) is 0. The van der Waals surface area contributed by atoms with Crippen LogP contribution in [-0.2, 0) is 0 Å². The molecule has 266 valence electrons. The van der Waals surface area contributed by atoms with Gasteiger partial charge in [0.05, 0.1) is 15.9 Å². The predicted octanol–water partition coefficient (Wildman–Crippen LogP) is 13.6. The molecular formula is C49H27N5OS2. The van der Waals surface area contributed by atoms with E-state index in [1.807, 2.05) is 60.7 Å². The van der Waals surface area contributed by atoms with E-state index in [1.165, 1.54) is 24.9 Å². The molecule has 6 nitrogen and oxygen atoms in total. The summed E-state index contributed by atoms with van der Waals surface area (Å²) in [6.07, 6.45) is 0. The first-order chi connectivity index (χ1) is 28.2. The SMILES string of the molecule is c1ccc(-c2nc(-c3ccc4sc5ccccc5c4c3)nc(-c3ccc4oc5cccc(-c6nc(-c7ccccc7)c7sc8ccccc8c7n6)c5c4c3)n2)cc1. The minimum Gasteiger partial charge on any atom is -0.456 e. The van der Waals surface area contributed by atoms with Crippen molar-refractivity contribution < 1.29 is 4.42 Å². The molecule has 0 spiro atoms. The first-order valence-electron chi connectivity index (χ1n) is 18.7. The molecule has 0 aliphatic carbocycles. The third-order valence-electron chi connectivity index (χ3n) is 10.6. The maximum absolute atomic E-state index is 6.51. The van der Waals surface area contributed by atoms with E-state index in [0.29, 0.717) is 23.3 Å². The van der Waals surface area contributed by atoms with Crippen LogP contribution in [0.5, 0.6) is 0 Å². The summed E-state index contributed by atoms with van der Waals surface area (Å²) in [5.41, 5.74) is 8.05. The topological polar surface area (TPSA) is 77.6 Å². The molecule has 0 aliphatic heterocycles. The number of rotatable bonds is 5. The lowest BCUT2D eigenvalue weighted by Gasteiger charge is -2.09. The van der Waals surface area contributed by atoms with Crippen LogP contribution in [0.1, 0.15) is 0 Å². The first-order valence-corrected chi connectivity index (χ1v) is 20.3. The minimum absolute atomic E-state index is 0.580. The van der Waals surface area contributed by atoms with Gasteiger partial charge in [-0.25, -0.2) is 24.9 Å². The van der Waals surface area contributed by atoms with Crippen molar-refractivity contribution in [2.24, 2.45) is 0 Å². The fourth-order valence-electron chi connectivity index (χ4n) is 7.87. The van der Waals surface area contributed by atoms with Gasteiger partial charge in [-0.1, -0.05) is 109 Å². The number of hydrogen-bond acceptors (Lipinski definition) is 8. The summed E-state index contributed by atoms with van der Waals surface area (Å²) in [6.45, 7) is 0. The molecule has 0 saturated carbocycles. The minimum atomic E-state index is 0.580. The van der Waals surface area contributed by atoms with Crippen molar-refractivity contribution in [2.75, 3.05) is 0 Å². The third kappa shape index (κ3) is 5.26. The van der Waals surface area contributed by atoms with E-state index in [9.17, 15) is 0 Å². The smallest absolute Gasteiger partial charge is 0.164 e. The van der Waals surface area contributed by atoms with Gasteiger partial charge in [-0.15, -0.1) is 22.7 Å². The van der Waals surface area contributed by atoms with Crippen LogP contribution in [-0.4, -0.2) is 24.9 Å². The Balaban J connectivity index is 1.06. The van der Waals surface area contributed by atoms with Crippen LogP contribution in [0, 0.1) is 0 Å². The highest BCUT2D eigenvalue weighted by molar-refractivity contribution is 7.26. The van der Waals surface area contributed by atoms with Crippen molar-refractivity contribution in [1.82, 2.24) is 24.9 Å². The van der Waals surface area contributed by atoms with Crippen LogP contribution in [0.15, 0.2) is 168 Å². The molecule has 12 rings (SSSR count). The van der Waals surface area contributed by atoms with E-state index in [2.05, 4.69) is 103 Å². The van der Waals surface area contributed by atoms with Gasteiger partial charge in [0.25, 0.3) is 0 Å². The quantitative estimate of drug-likeness (QED) is 0.174. The molecule has 5 heterocycles. The Hall–Kier alpha value is -7.13. The summed E-state index contributed by atoms with van der Waals surface area (Å²) in [6, 6.07) is 56.2. The standard InChI is InChI=1S/C49H27N5OS2/c1-3-12-28(13-4-1)43-45-44(33-17-8-10-21-40(33)57-45)51-49(50-43)34-18-11-19-38-42(34)36-27-30(22-24-37(36)55-38)47-52-46(29-14-5-2-6-15-29)53-48(54-47)31-23-25-41-35(26-31)32-16-7-9-20-39(32)56-41/h1-27H. The summed E-state index contributed by atoms with van der Waals surface area (Å²) in [5.74, 6) is 2.46. The van der Waals surface area contributed by atoms with Crippen molar-refractivity contribution >= 4 is 85.1 Å². The number of furan rings is 1. The molecule has 0 N–H and O–H groups in total. The molecule has 0 aliphatic rings. The Morgan fingerprint density at radius 3 is 1.75 bits per heavy atom. The fourth-order valence-corrected chi connectivity index (χ4v) is 10.1. The average Bonchev–Trinajstić information content (AvgIpc) is 3.97. The molecule has 0 fully saturated rings. The van der Waals surface area contributed by atoms with Crippen molar-refractivity contribution in [3.05, 3.63) is 164 Å². The van der Waals surface area contributed by atoms with Crippen LogP contribution < -0.4 is 0 Å². The largest absolute Gasteiger partial charge is 0.456 e. The van der Waals surface area contributed by atoms with Gasteiger partial charge < -0.3 is 4.42 Å². The summed E-state index contributed by atoms with van der Waals surface area (Å²) >= 11 is 3.53. The Morgan fingerprint density at radius 2 is 0.982 bits per heavy atom. The zero-order valence-corrected chi connectivity index (χ0v) is 31.7. The maximum atomic E-state index is 6.51. The zero-order chi connectivity index (χ0) is 37.5. The van der Waals surface area contributed by atoms with Gasteiger partial charge in [0.2, 0.25) is 0 Å². The number of thiophene rings is 2. The molecular weight excluding hydrogens is 739 g/mol. The van der Waals surface area contributed by atoms with Gasteiger partial charge in [0, 0.05) is 68.8 Å². The van der Waals surface area contributed by atoms with Crippen molar-refractivity contribution in [3.63, 3.8) is 0 Å². The molecule has 7 aromatic carbocycles. The number of nitrogens with zero attached hydrogens (tertiary/aromatic N) is 5. The van der Waals surface area contributed by atoms with Crippen LogP contribution in [0.25, 0.3) is 119 Å². The molecule has 5 aromatic heterocycles. The Bertz CT molecular complexity index is 3540. The molecule has 0 unspecified atom stereocenters. The summed E-state index contributed by atoms with van der Waals surface area (Å²) in [5, 5.41) is 5.43. The Morgan fingerprint density at radius 1 is 0.368 bits per heavy atom. The maximum Gasteiger partial charge on any atom is 0.164 e. The van der Waals surface area contributed by atoms with Gasteiger partial charge in [-0.05, 0) is 54.6 Å². The number of fused-ring (bicyclic) bond motifs is 9. The molecule has 0 saturated heterocycles. The lowest BCUT2D eigenvalue weighted by molar-refractivity contribution is 0.669. The first kappa shape index (κ1) is 32.1. The highest BCUT2D eigenvalue weighted by Crippen LogP contribution is 2.43. The van der Waals surface area contributed by atoms with Crippen LogP contribution in [0.3, 0.4) is 0 Å². The molecule has 12 aromatic rings. The van der Waals surface area contributed by atoms with Gasteiger partial charge in [0.1, 0.15) is 11.2 Å². The average molecular weight is 766 g/mol. The molecule has 57 heavy (non-hydrogen) atoms. The highest BCUT2D eigenvalue weighted by atomic mass is 32.1. The van der Waals surface area contributed by atoms with Crippen LogP contribution in [0.4, 0.5) is 0 Å². The van der Waals surface area contributed by atoms with E-state index in [0.717, 1.165) is 71.1 Å². The predicted molar refractivity (Wildman–Crippen MR) is 236 cm³/mol. The third-order valence-corrected chi connectivity index (χ3v) is 12.9. The van der Waals surface area contributed by atoms with Gasteiger partial charge >= 0.3 is 0 Å². The monoisotopic (exact) mass is 765 g/mol. The summed E-state index contributed by atoms with van der Waals surface area (Å²) < 4.78 is 11.3. The van der Waals surface area contributed by atoms with Gasteiger partial charge in [-0.2, -0.15) is 0 Å². The summed E-state index contributed by atoms with van der Waals surface area (Å²) in [4.78, 5) is 25.9. The van der Waals surface area contributed by atoms with E-state index in [-0.39, 0.29) is 0 Å². The normalized spacial score (nSPS) is 11.9. The van der Waals surface area contributed by atoms with Crippen molar-refractivity contribution in [2.45, 2.75) is 0 Å². The fraction of sp³-hybridized carbons (Fsp3) is 0. The molecule has 0 amide bonds. The second-order valence-corrected chi connectivity index (χ2v) is 16.1. The van der Waals surface area contributed by atoms with E-state index in [1.54, 1.807) is 22.7 Å². The lowest BCUT2D eigenvalue weighted by atomic mass is 10.0. The number of hydrogen-bond donors (Lipinski definition) is 0. The van der Waals surface area contributed by atoms with Crippen molar-refractivity contribution in [3.8, 4) is 56.8 Å². The van der Waals surface area contributed by atoms with E-state index >= 15 is 0 Å². The van der Waals surface area contributed by atoms with E-state index in [4.69, 9.17) is 29.3 Å².